The summed E-state index contributed by atoms with van der Waals surface area (Å²) in [5, 5.41) is 16.4. The highest BCUT2D eigenvalue weighted by Crippen LogP contribution is 2.44. The van der Waals surface area contributed by atoms with Crippen LogP contribution >= 0.6 is 23.2 Å². The normalized spacial score (nSPS) is 18.0. The Balaban J connectivity index is 1.15. The molecule has 3 aliphatic rings. The predicted molar refractivity (Wildman–Crippen MR) is 184 cm³/mol. The lowest BCUT2D eigenvalue weighted by Crippen LogP contribution is -2.66. The minimum absolute atomic E-state index is 0.0170. The number of benzene rings is 3. The summed E-state index contributed by atoms with van der Waals surface area (Å²) in [5.41, 5.74) is 7.31. The van der Waals surface area contributed by atoms with Gasteiger partial charge in [-0.15, -0.1) is 0 Å². The van der Waals surface area contributed by atoms with Gasteiger partial charge in [0.25, 0.3) is 0 Å². The van der Waals surface area contributed by atoms with Gasteiger partial charge in [-0.05, 0) is 42.0 Å². The van der Waals surface area contributed by atoms with Crippen molar-refractivity contribution < 1.29 is 24.2 Å². The standard InChI is InChI=1S/C36H35Cl2N5O5/c1-47-30-13-21(11-20-12-22(14-27(20)30)39-16-32(45)46)23-5-3-6-24(33(23)37)25-7-4-8-26(34(25)38)28-15-40-29(35(41-28)48-2)17-43-18-36(19-43)10-9-31(44)42-36/h3-8,11,13,15,22,39H,9-10,12,14,16-19H2,1-2H3,(H,42,44)(H,45,46)/t22-/m0/s1. The smallest absolute Gasteiger partial charge is 0.317 e. The molecule has 10 nitrogen and oxygen atoms in total. The maximum atomic E-state index is 11.7. The molecule has 0 saturated carbocycles. The summed E-state index contributed by atoms with van der Waals surface area (Å²) < 4.78 is 11.4. The van der Waals surface area contributed by atoms with Gasteiger partial charge in [0.2, 0.25) is 11.8 Å². The van der Waals surface area contributed by atoms with Gasteiger partial charge < -0.3 is 25.2 Å². The van der Waals surface area contributed by atoms with E-state index in [0.717, 1.165) is 64.3 Å². The number of likely N-dealkylation sites (tertiary alicyclic amines) is 1. The number of rotatable bonds is 10. The van der Waals surface area contributed by atoms with Gasteiger partial charge in [-0.2, -0.15) is 0 Å². The van der Waals surface area contributed by atoms with Crippen LogP contribution in [0.5, 0.6) is 11.6 Å². The first-order valence-corrected chi connectivity index (χ1v) is 16.6. The van der Waals surface area contributed by atoms with E-state index in [4.69, 9.17) is 47.8 Å². The molecule has 1 aliphatic carbocycles. The number of aromatic nitrogens is 2. The third kappa shape index (κ3) is 6.09. The third-order valence-electron chi connectivity index (χ3n) is 9.52. The third-order valence-corrected chi connectivity index (χ3v) is 10.3. The Morgan fingerprint density at radius 2 is 1.75 bits per heavy atom. The lowest BCUT2D eigenvalue weighted by Gasteiger charge is -2.47. The first-order chi connectivity index (χ1) is 23.2. The molecule has 1 amide bonds. The molecule has 48 heavy (non-hydrogen) atoms. The van der Waals surface area contributed by atoms with Crippen molar-refractivity contribution in [3.63, 3.8) is 0 Å². The van der Waals surface area contributed by atoms with E-state index in [1.54, 1.807) is 20.4 Å². The molecule has 3 heterocycles. The minimum Gasteiger partial charge on any atom is -0.496 e. The Hall–Kier alpha value is -4.22. The Labute approximate surface area is 288 Å². The first kappa shape index (κ1) is 32.3. The number of nitrogens with one attached hydrogen (secondary N) is 2. The number of hydrogen-bond donors (Lipinski definition) is 3. The monoisotopic (exact) mass is 687 g/mol. The van der Waals surface area contributed by atoms with E-state index in [2.05, 4.69) is 21.6 Å². The summed E-state index contributed by atoms with van der Waals surface area (Å²) in [6.07, 6.45) is 4.54. The van der Waals surface area contributed by atoms with Crippen LogP contribution < -0.4 is 20.1 Å². The van der Waals surface area contributed by atoms with Crippen LogP contribution in [0.15, 0.2) is 54.7 Å². The molecule has 1 aromatic heterocycles. The van der Waals surface area contributed by atoms with E-state index >= 15 is 0 Å². The van der Waals surface area contributed by atoms with Crippen molar-refractivity contribution in [1.82, 2.24) is 25.5 Å². The van der Waals surface area contributed by atoms with Gasteiger partial charge in [0, 0.05) is 54.4 Å². The highest BCUT2D eigenvalue weighted by molar-refractivity contribution is 6.39. The highest BCUT2D eigenvalue weighted by Gasteiger charge is 2.47. The fourth-order valence-corrected chi connectivity index (χ4v) is 7.92. The average Bonchev–Trinajstić information content (AvgIpc) is 3.67. The van der Waals surface area contributed by atoms with Gasteiger partial charge in [-0.25, -0.2) is 4.98 Å². The topological polar surface area (TPSA) is 126 Å². The largest absolute Gasteiger partial charge is 0.496 e. The minimum atomic E-state index is -0.884. The number of carbonyl (C=O) groups is 2. The zero-order valence-corrected chi connectivity index (χ0v) is 28.1. The van der Waals surface area contributed by atoms with Gasteiger partial charge in [-0.1, -0.05) is 65.7 Å². The van der Waals surface area contributed by atoms with Crippen molar-refractivity contribution >= 4 is 35.1 Å². The number of nitrogens with zero attached hydrogens (tertiary/aromatic N) is 3. The molecule has 0 bridgehead atoms. The van der Waals surface area contributed by atoms with Crippen LogP contribution in [0.25, 0.3) is 33.5 Å². The molecular formula is C36H35Cl2N5O5. The lowest BCUT2D eigenvalue weighted by atomic mass is 9.88. The Morgan fingerprint density at radius 1 is 1.04 bits per heavy atom. The number of aliphatic carboxylic acids is 1. The van der Waals surface area contributed by atoms with Gasteiger partial charge in [0.15, 0.2) is 0 Å². The summed E-state index contributed by atoms with van der Waals surface area (Å²) >= 11 is 14.2. The second kappa shape index (κ2) is 13.0. The maximum Gasteiger partial charge on any atom is 0.317 e. The molecule has 4 aromatic rings. The summed E-state index contributed by atoms with van der Waals surface area (Å²) in [5.74, 6) is 0.412. The van der Waals surface area contributed by atoms with Gasteiger partial charge in [0.05, 0.1) is 48.2 Å². The summed E-state index contributed by atoms with van der Waals surface area (Å²) in [6, 6.07) is 15.7. The van der Waals surface area contributed by atoms with Crippen LogP contribution in [0.1, 0.15) is 29.7 Å². The number of carbonyl (C=O) groups excluding carboxylic acids is 1. The summed E-state index contributed by atoms with van der Waals surface area (Å²) in [7, 11) is 3.22. The average molecular weight is 689 g/mol. The fourth-order valence-electron chi connectivity index (χ4n) is 7.26. The fraction of sp³-hybridized carbons (Fsp3) is 0.333. The van der Waals surface area contributed by atoms with Crippen LogP contribution in [0, 0.1) is 0 Å². The second-order valence-electron chi connectivity index (χ2n) is 12.7. The summed E-state index contributed by atoms with van der Waals surface area (Å²) in [4.78, 5) is 34.6. The lowest BCUT2D eigenvalue weighted by molar-refractivity contribution is -0.136. The van der Waals surface area contributed by atoms with E-state index in [1.165, 1.54) is 0 Å². The molecule has 1 spiro atoms. The van der Waals surface area contributed by atoms with E-state index in [0.29, 0.717) is 53.0 Å². The number of fused-ring (bicyclic) bond motifs is 1. The van der Waals surface area contributed by atoms with Crippen molar-refractivity contribution in [2.45, 2.75) is 43.8 Å². The Bertz CT molecular complexity index is 1930. The van der Waals surface area contributed by atoms with Gasteiger partial charge in [0.1, 0.15) is 11.4 Å². The Kier molecular flexibility index (Phi) is 8.76. The van der Waals surface area contributed by atoms with Crippen LogP contribution in [-0.2, 0) is 29.0 Å². The number of carboxylic acid groups (broad SMARTS) is 1. The van der Waals surface area contributed by atoms with Crippen LogP contribution in [0.3, 0.4) is 0 Å². The van der Waals surface area contributed by atoms with E-state index < -0.39 is 5.97 Å². The molecule has 1 atom stereocenters. The first-order valence-electron chi connectivity index (χ1n) is 15.8. The molecule has 0 radical (unpaired) electrons. The van der Waals surface area contributed by atoms with Crippen LogP contribution in [0.2, 0.25) is 10.0 Å². The zero-order valence-electron chi connectivity index (χ0n) is 26.6. The molecule has 2 saturated heterocycles. The molecule has 3 aromatic carbocycles. The second-order valence-corrected chi connectivity index (χ2v) is 13.5. The van der Waals surface area contributed by atoms with E-state index in [1.807, 2.05) is 42.5 Å². The number of ether oxygens (including phenoxy) is 2. The van der Waals surface area contributed by atoms with Crippen LogP contribution in [-0.4, -0.2) is 77.3 Å². The highest BCUT2D eigenvalue weighted by atomic mass is 35.5. The molecule has 2 fully saturated rings. The number of hydrogen-bond acceptors (Lipinski definition) is 8. The molecule has 7 rings (SSSR count). The van der Waals surface area contributed by atoms with Gasteiger partial charge in [-0.3, -0.25) is 19.5 Å². The van der Waals surface area contributed by atoms with Crippen LogP contribution in [0.4, 0.5) is 0 Å². The number of methoxy groups -OCH3 is 2. The van der Waals surface area contributed by atoms with E-state index in [9.17, 15) is 9.59 Å². The SMILES string of the molecule is COc1cc(-c2cccc(-c3cccc(-c4cnc(CN5CC6(CCC(=O)N6)C5)c(OC)n4)c3Cl)c2Cl)cc2c1C[C@@H](NCC(=O)O)C2. The maximum absolute atomic E-state index is 11.7. The number of halogens is 2. The summed E-state index contributed by atoms with van der Waals surface area (Å²) in [6.45, 7) is 2.03. The molecule has 2 aliphatic heterocycles. The van der Waals surface area contributed by atoms with Crippen molar-refractivity contribution in [1.29, 1.82) is 0 Å². The van der Waals surface area contributed by atoms with Crippen molar-refractivity contribution in [3.05, 3.63) is 81.6 Å². The molecule has 0 unspecified atom stereocenters. The molecule has 248 valence electrons. The molecule has 12 heteroatoms. The van der Waals surface area contributed by atoms with Crippen molar-refractivity contribution in [3.8, 4) is 45.1 Å². The van der Waals surface area contributed by atoms with Crippen molar-refractivity contribution in [2.75, 3.05) is 33.9 Å². The zero-order chi connectivity index (χ0) is 33.6. The number of amides is 1. The van der Waals surface area contributed by atoms with Crippen molar-refractivity contribution in [2.24, 2.45) is 0 Å². The molecule has 3 N–H and O–H groups in total. The number of carboxylic acids is 1. The quantitative estimate of drug-likeness (QED) is 0.201. The predicted octanol–water partition coefficient (Wildman–Crippen LogP) is 5.41. The Morgan fingerprint density at radius 3 is 2.42 bits per heavy atom. The molecular weight excluding hydrogens is 653 g/mol. The van der Waals surface area contributed by atoms with E-state index in [-0.39, 0.29) is 24.0 Å². The van der Waals surface area contributed by atoms with Gasteiger partial charge >= 0.3 is 5.97 Å².